The number of hydrogen-bond donors (Lipinski definition) is 4. The summed E-state index contributed by atoms with van der Waals surface area (Å²) in [7, 11) is 0. The lowest BCUT2D eigenvalue weighted by Gasteiger charge is -2.12. The Morgan fingerprint density at radius 3 is 1.71 bits per heavy atom. The van der Waals surface area contributed by atoms with Gasteiger partial charge in [0.2, 0.25) is 0 Å². The van der Waals surface area contributed by atoms with Gasteiger partial charge in [-0.05, 0) is 65.1 Å². The van der Waals surface area contributed by atoms with E-state index in [9.17, 15) is 4.39 Å². The van der Waals surface area contributed by atoms with Crippen LogP contribution in [0.15, 0.2) is 0 Å². The van der Waals surface area contributed by atoms with E-state index in [-0.39, 0.29) is 0 Å². The van der Waals surface area contributed by atoms with Gasteiger partial charge in [-0.15, -0.1) is 0 Å². The Kier molecular flexibility index (Phi) is 9.50. The fourth-order valence-electron chi connectivity index (χ4n) is 1.85. The quantitative estimate of drug-likeness (QED) is 0.462. The lowest BCUT2D eigenvalue weighted by atomic mass is 10.3. The molecule has 0 aromatic rings. The van der Waals surface area contributed by atoms with Crippen LogP contribution in [0.2, 0.25) is 0 Å². The number of hydrogen-bond acceptors (Lipinski definition) is 4. The van der Waals surface area contributed by atoms with Crippen LogP contribution in [0.5, 0.6) is 0 Å². The zero-order valence-corrected chi connectivity index (χ0v) is 10.7. The molecule has 1 aliphatic heterocycles. The Bertz CT molecular complexity index is 153. The largest absolute Gasteiger partial charge is 0.317 e. The maximum atomic E-state index is 13.3. The predicted octanol–water partition coefficient (Wildman–Crippen LogP) is 0.214. The van der Waals surface area contributed by atoms with Gasteiger partial charge in [0.15, 0.2) is 6.30 Å². The number of halogens is 1. The molecular formula is C12H27FN4. The first-order valence-corrected chi connectivity index (χ1v) is 6.89. The summed E-state index contributed by atoms with van der Waals surface area (Å²) in [5.74, 6) is 0. The molecule has 0 aromatic heterocycles. The Balaban J connectivity index is 2.09. The topological polar surface area (TPSA) is 48.1 Å². The average molecular weight is 246 g/mol. The predicted molar refractivity (Wildman–Crippen MR) is 70.0 cm³/mol. The molecule has 4 N–H and O–H groups in total. The van der Waals surface area contributed by atoms with Crippen molar-refractivity contribution in [3.63, 3.8) is 0 Å². The minimum Gasteiger partial charge on any atom is -0.317 e. The maximum Gasteiger partial charge on any atom is 0.152 e. The third-order valence-corrected chi connectivity index (χ3v) is 2.88. The monoisotopic (exact) mass is 246 g/mol. The Labute approximate surface area is 104 Å². The first-order chi connectivity index (χ1) is 8.39. The molecule has 0 aliphatic carbocycles. The van der Waals surface area contributed by atoms with Gasteiger partial charge < -0.3 is 16.0 Å². The van der Waals surface area contributed by atoms with E-state index in [2.05, 4.69) is 21.3 Å². The van der Waals surface area contributed by atoms with Gasteiger partial charge in [0.25, 0.3) is 0 Å². The fourth-order valence-corrected chi connectivity index (χ4v) is 1.85. The van der Waals surface area contributed by atoms with Gasteiger partial charge >= 0.3 is 0 Å². The summed E-state index contributed by atoms with van der Waals surface area (Å²) >= 11 is 0. The summed E-state index contributed by atoms with van der Waals surface area (Å²) in [6.07, 6.45) is 2.94. The number of alkyl halides is 1. The maximum absolute atomic E-state index is 13.3. The molecule has 1 fully saturated rings. The molecule has 0 spiro atoms. The summed E-state index contributed by atoms with van der Waals surface area (Å²) in [6, 6.07) is 0. The molecule has 5 heteroatoms. The molecule has 0 radical (unpaired) electrons. The molecule has 0 saturated carbocycles. The van der Waals surface area contributed by atoms with Crippen molar-refractivity contribution in [2.24, 2.45) is 0 Å². The van der Waals surface area contributed by atoms with Crippen molar-refractivity contribution in [2.75, 3.05) is 45.8 Å². The summed E-state index contributed by atoms with van der Waals surface area (Å²) in [4.78, 5) is 0. The molecule has 1 saturated heterocycles. The molecule has 1 atom stereocenters. The van der Waals surface area contributed by atoms with Crippen molar-refractivity contribution >= 4 is 0 Å². The van der Waals surface area contributed by atoms with E-state index in [1.54, 1.807) is 0 Å². The highest BCUT2D eigenvalue weighted by atomic mass is 19.1. The Hall–Kier alpha value is -0.230. The number of rotatable bonds is 0. The van der Waals surface area contributed by atoms with Crippen LogP contribution in [-0.2, 0) is 0 Å². The highest BCUT2D eigenvalue weighted by molar-refractivity contribution is 4.60. The summed E-state index contributed by atoms with van der Waals surface area (Å²) in [5, 5.41) is 12.9. The minimum atomic E-state index is -0.867. The highest BCUT2D eigenvalue weighted by Gasteiger charge is 2.04. The van der Waals surface area contributed by atoms with Crippen LogP contribution in [0.3, 0.4) is 0 Å². The van der Waals surface area contributed by atoms with Crippen LogP contribution < -0.4 is 21.3 Å². The van der Waals surface area contributed by atoms with Crippen LogP contribution in [-0.4, -0.2) is 52.1 Å². The van der Waals surface area contributed by atoms with E-state index in [4.69, 9.17) is 0 Å². The first-order valence-electron chi connectivity index (χ1n) is 6.89. The second kappa shape index (κ2) is 10.9. The van der Waals surface area contributed by atoms with E-state index in [0.717, 1.165) is 65.1 Å². The average Bonchev–Trinajstić information content (AvgIpc) is 2.32. The first kappa shape index (κ1) is 14.8. The molecule has 0 amide bonds. The lowest BCUT2D eigenvalue weighted by molar-refractivity contribution is 0.254. The smallest absolute Gasteiger partial charge is 0.152 e. The molecule has 1 rings (SSSR count). The Morgan fingerprint density at radius 2 is 1.12 bits per heavy atom. The zero-order chi connectivity index (χ0) is 12.2. The molecule has 1 unspecified atom stereocenters. The zero-order valence-electron chi connectivity index (χ0n) is 10.7. The van der Waals surface area contributed by atoms with E-state index >= 15 is 0 Å². The normalized spacial score (nSPS) is 27.7. The van der Waals surface area contributed by atoms with Crippen LogP contribution in [0.4, 0.5) is 4.39 Å². The van der Waals surface area contributed by atoms with E-state index in [1.807, 2.05) is 0 Å². The Morgan fingerprint density at radius 1 is 0.647 bits per heavy atom. The van der Waals surface area contributed by atoms with Crippen molar-refractivity contribution in [3.05, 3.63) is 0 Å². The van der Waals surface area contributed by atoms with Crippen molar-refractivity contribution in [3.8, 4) is 0 Å². The second-order valence-electron chi connectivity index (χ2n) is 4.52. The summed E-state index contributed by atoms with van der Waals surface area (Å²) < 4.78 is 13.3. The molecule has 17 heavy (non-hydrogen) atoms. The fraction of sp³-hybridized carbons (Fsp3) is 1.00. The van der Waals surface area contributed by atoms with Crippen LogP contribution >= 0.6 is 0 Å². The van der Waals surface area contributed by atoms with Crippen molar-refractivity contribution < 1.29 is 4.39 Å². The summed E-state index contributed by atoms with van der Waals surface area (Å²) in [5.41, 5.74) is 0. The van der Waals surface area contributed by atoms with E-state index in [0.29, 0.717) is 6.42 Å². The molecule has 0 bridgehead atoms. The van der Waals surface area contributed by atoms with Gasteiger partial charge in [-0.3, -0.25) is 5.32 Å². The molecule has 1 heterocycles. The van der Waals surface area contributed by atoms with Gasteiger partial charge in [-0.25, -0.2) is 4.39 Å². The van der Waals surface area contributed by atoms with Crippen LogP contribution in [0.1, 0.15) is 25.7 Å². The standard InChI is InChI=1S/C12H27FN4/c13-12-4-11-16-8-2-7-14-5-1-6-15-9-3-10-17-12/h12,14-17H,1-11H2. The van der Waals surface area contributed by atoms with Crippen LogP contribution in [0, 0.1) is 0 Å². The molecule has 102 valence electrons. The SMILES string of the molecule is FC1CCNCCCNCCCNCCCN1. The number of nitrogens with one attached hydrogen (secondary N) is 4. The molecular weight excluding hydrogens is 219 g/mol. The van der Waals surface area contributed by atoms with Crippen LogP contribution in [0.25, 0.3) is 0 Å². The van der Waals surface area contributed by atoms with Gasteiger partial charge in [0.05, 0.1) is 0 Å². The van der Waals surface area contributed by atoms with Crippen molar-refractivity contribution in [2.45, 2.75) is 32.0 Å². The van der Waals surface area contributed by atoms with Gasteiger partial charge in [0, 0.05) is 6.42 Å². The highest BCUT2D eigenvalue weighted by Crippen LogP contribution is 1.92. The van der Waals surface area contributed by atoms with Gasteiger partial charge in [-0.2, -0.15) is 0 Å². The minimum absolute atomic E-state index is 0.556. The third-order valence-electron chi connectivity index (χ3n) is 2.88. The van der Waals surface area contributed by atoms with Gasteiger partial charge in [0.1, 0.15) is 0 Å². The van der Waals surface area contributed by atoms with Gasteiger partial charge in [-0.1, -0.05) is 0 Å². The van der Waals surface area contributed by atoms with E-state index < -0.39 is 6.30 Å². The lowest BCUT2D eigenvalue weighted by Crippen LogP contribution is -2.33. The third kappa shape index (κ3) is 9.47. The molecule has 1 aliphatic rings. The van der Waals surface area contributed by atoms with Crippen molar-refractivity contribution in [1.82, 2.24) is 21.3 Å². The molecule has 4 nitrogen and oxygen atoms in total. The van der Waals surface area contributed by atoms with E-state index in [1.165, 1.54) is 0 Å². The van der Waals surface area contributed by atoms with Crippen molar-refractivity contribution in [1.29, 1.82) is 0 Å². The second-order valence-corrected chi connectivity index (χ2v) is 4.52. The molecule has 0 aromatic carbocycles. The summed E-state index contributed by atoms with van der Waals surface area (Å²) in [6.45, 7) is 6.63.